The van der Waals surface area contributed by atoms with Crippen LogP contribution in [0, 0.1) is 11.1 Å². The predicted octanol–water partition coefficient (Wildman–Crippen LogP) is 3.81. The van der Waals surface area contributed by atoms with E-state index < -0.39 is 0 Å². The number of rotatable bonds is 2. The Bertz CT molecular complexity index is 186. The molecule has 0 unspecified atom stereocenters. The van der Waals surface area contributed by atoms with E-state index in [1.54, 1.807) is 0 Å². The van der Waals surface area contributed by atoms with Gasteiger partial charge in [0, 0.05) is 0 Å². The second-order valence-electron chi connectivity index (χ2n) is 3.66. The first-order valence-corrected chi connectivity index (χ1v) is 4.68. The van der Waals surface area contributed by atoms with Gasteiger partial charge in [-0.3, -0.25) is 0 Å². The highest BCUT2D eigenvalue weighted by Gasteiger charge is 2.05. The van der Waals surface area contributed by atoms with Crippen molar-refractivity contribution < 1.29 is 0 Å². The Hall–Kier alpha value is -0.520. The molecule has 0 nitrogen and oxygen atoms in total. The molecule has 0 aromatic carbocycles. The molecule has 0 aromatic heterocycles. The van der Waals surface area contributed by atoms with Crippen LogP contribution in [-0.4, -0.2) is 0 Å². The average Bonchev–Trinajstić information content (AvgIpc) is 1.85. The third kappa shape index (κ3) is 9.48. The number of hydrogen-bond acceptors (Lipinski definition) is 0. The van der Waals surface area contributed by atoms with Gasteiger partial charge in [-0.1, -0.05) is 39.0 Å². The fourth-order valence-electron chi connectivity index (χ4n) is 0.591. The summed E-state index contributed by atoms with van der Waals surface area (Å²) in [5.74, 6) is 0. The van der Waals surface area contributed by atoms with Crippen molar-refractivity contribution in [2.24, 2.45) is 5.41 Å². The minimum absolute atomic E-state index is 0.389. The molecular formula is C10H16S. The first-order chi connectivity index (χ1) is 5.06. The Morgan fingerprint density at radius 3 is 2.36 bits per heavy atom. The summed E-state index contributed by atoms with van der Waals surface area (Å²) >= 11 is 1.23. The molecule has 0 spiro atoms. The zero-order valence-corrected chi connectivity index (χ0v) is 8.32. The average molecular weight is 168 g/mol. The van der Waals surface area contributed by atoms with Crippen LogP contribution < -0.4 is 0 Å². The third-order valence-electron chi connectivity index (χ3n) is 1.13. The summed E-state index contributed by atoms with van der Waals surface area (Å²) in [6, 6.07) is 0. The topological polar surface area (TPSA) is 0 Å². The smallest absolute Gasteiger partial charge is 0.00155 e. The van der Waals surface area contributed by atoms with Crippen molar-refractivity contribution in [3.8, 4) is 5.69 Å². The molecule has 0 atom stereocenters. The Labute approximate surface area is 73.6 Å². The molecule has 0 amide bonds. The van der Waals surface area contributed by atoms with E-state index >= 15 is 0 Å². The summed E-state index contributed by atoms with van der Waals surface area (Å²) in [5, 5.41) is 1.86. The Balaban J connectivity index is 3.64. The van der Waals surface area contributed by atoms with Crippen LogP contribution >= 0.6 is 11.2 Å². The lowest BCUT2D eigenvalue weighted by Crippen LogP contribution is -2.01. The summed E-state index contributed by atoms with van der Waals surface area (Å²) in [6.45, 7) is 6.66. The largest absolute Gasteiger partial charge is 0.109 e. The number of allylic oxidation sites excluding steroid dienone is 3. The van der Waals surface area contributed by atoms with E-state index in [2.05, 4.69) is 26.8 Å². The van der Waals surface area contributed by atoms with Crippen LogP contribution in [0.1, 0.15) is 27.2 Å². The van der Waals surface area contributed by atoms with E-state index in [4.69, 9.17) is 5.69 Å². The van der Waals surface area contributed by atoms with Crippen LogP contribution in [-0.2, 0) is 0 Å². The second kappa shape index (κ2) is 5.17. The molecule has 0 aliphatic carbocycles. The van der Waals surface area contributed by atoms with Gasteiger partial charge in [0.1, 0.15) is 0 Å². The zero-order chi connectivity index (χ0) is 8.74. The second-order valence-corrected chi connectivity index (χ2v) is 4.20. The lowest BCUT2D eigenvalue weighted by atomic mass is 9.92. The fourth-order valence-corrected chi connectivity index (χ4v) is 0.772. The van der Waals surface area contributed by atoms with E-state index in [0.29, 0.717) is 5.41 Å². The van der Waals surface area contributed by atoms with E-state index in [-0.39, 0.29) is 0 Å². The van der Waals surface area contributed by atoms with Gasteiger partial charge in [0.05, 0.1) is 0 Å². The van der Waals surface area contributed by atoms with Crippen LogP contribution in [0.3, 0.4) is 0 Å². The van der Waals surface area contributed by atoms with Crippen molar-refractivity contribution >= 4 is 11.2 Å². The molecule has 0 saturated carbocycles. The van der Waals surface area contributed by atoms with E-state index in [9.17, 15) is 0 Å². The highest BCUT2D eigenvalue weighted by Crippen LogP contribution is 2.18. The van der Waals surface area contributed by atoms with E-state index in [1.165, 1.54) is 11.2 Å². The molecule has 0 saturated heterocycles. The van der Waals surface area contributed by atoms with Crippen molar-refractivity contribution in [2.75, 3.05) is 0 Å². The Kier molecular flexibility index (Phi) is 4.93. The van der Waals surface area contributed by atoms with E-state index in [0.717, 1.165) is 6.42 Å². The zero-order valence-electron chi connectivity index (χ0n) is 7.50. The molecule has 0 N–H and O–H groups in total. The van der Waals surface area contributed by atoms with Gasteiger partial charge in [-0.05, 0) is 17.2 Å². The van der Waals surface area contributed by atoms with Gasteiger partial charge in [-0.25, -0.2) is 0 Å². The van der Waals surface area contributed by atoms with Crippen LogP contribution in [0.25, 0.3) is 0 Å². The van der Waals surface area contributed by atoms with Crippen LogP contribution in [0.15, 0.2) is 23.6 Å². The van der Waals surface area contributed by atoms with E-state index in [1.807, 2.05) is 17.6 Å². The SMILES string of the molecule is C#S/C=C\C=C/CC(C)(C)C. The summed E-state index contributed by atoms with van der Waals surface area (Å²) in [6.07, 6.45) is 7.25. The van der Waals surface area contributed by atoms with Crippen molar-refractivity contribution in [1.29, 1.82) is 0 Å². The van der Waals surface area contributed by atoms with Crippen LogP contribution in [0.4, 0.5) is 0 Å². The molecule has 0 bridgehead atoms. The summed E-state index contributed by atoms with van der Waals surface area (Å²) < 4.78 is 0. The molecule has 0 aliphatic heterocycles. The molecule has 0 fully saturated rings. The van der Waals surface area contributed by atoms with Crippen molar-refractivity contribution in [2.45, 2.75) is 27.2 Å². The molecule has 11 heavy (non-hydrogen) atoms. The van der Waals surface area contributed by atoms with Crippen molar-refractivity contribution in [3.05, 3.63) is 23.6 Å². The van der Waals surface area contributed by atoms with Gasteiger partial charge in [0.2, 0.25) is 0 Å². The Morgan fingerprint density at radius 2 is 1.91 bits per heavy atom. The quantitative estimate of drug-likeness (QED) is 0.550. The minimum Gasteiger partial charge on any atom is -0.109 e. The third-order valence-corrected chi connectivity index (χ3v) is 1.45. The molecule has 62 valence electrons. The molecular weight excluding hydrogens is 152 g/mol. The van der Waals surface area contributed by atoms with Crippen LogP contribution in [0.2, 0.25) is 0 Å². The molecule has 0 radical (unpaired) electrons. The van der Waals surface area contributed by atoms with Gasteiger partial charge in [0.15, 0.2) is 0 Å². The fraction of sp³-hybridized carbons (Fsp3) is 0.500. The normalized spacial score (nSPS) is 12.9. The molecule has 0 aliphatic rings. The molecule has 0 heterocycles. The molecule has 0 aromatic rings. The highest BCUT2D eigenvalue weighted by atomic mass is 32.1. The van der Waals surface area contributed by atoms with Gasteiger partial charge in [-0.2, -0.15) is 0 Å². The minimum atomic E-state index is 0.389. The standard InChI is InChI=1S/C10H16S/c1-10(2,3)8-6-5-7-9-11-4/h4-7,9H,8H2,1-3H3/b6-5-,9-7-. The monoisotopic (exact) mass is 168 g/mol. The van der Waals surface area contributed by atoms with Gasteiger partial charge in [0.25, 0.3) is 0 Å². The Morgan fingerprint density at radius 1 is 1.27 bits per heavy atom. The van der Waals surface area contributed by atoms with Gasteiger partial charge >= 0.3 is 0 Å². The summed E-state index contributed by atoms with van der Waals surface area (Å²) in [5.41, 5.74) is 5.58. The maximum atomic E-state index is 5.19. The highest BCUT2D eigenvalue weighted by molar-refractivity contribution is 7.91. The van der Waals surface area contributed by atoms with Gasteiger partial charge < -0.3 is 0 Å². The number of hydrogen-bond donors (Lipinski definition) is 0. The van der Waals surface area contributed by atoms with Crippen LogP contribution in [0.5, 0.6) is 0 Å². The van der Waals surface area contributed by atoms with Gasteiger partial charge in [-0.15, -0.1) is 16.9 Å². The first kappa shape index (κ1) is 10.5. The predicted molar refractivity (Wildman–Crippen MR) is 54.9 cm³/mol. The maximum Gasteiger partial charge on any atom is -0.00155 e. The molecule has 1 heteroatoms. The lowest BCUT2D eigenvalue weighted by molar-refractivity contribution is 0.420. The summed E-state index contributed by atoms with van der Waals surface area (Å²) in [7, 11) is 0. The lowest BCUT2D eigenvalue weighted by Gasteiger charge is -2.13. The molecule has 0 rings (SSSR count). The maximum absolute atomic E-state index is 5.19. The van der Waals surface area contributed by atoms with Crippen molar-refractivity contribution in [3.63, 3.8) is 0 Å². The summed E-state index contributed by atoms with van der Waals surface area (Å²) in [4.78, 5) is 0. The first-order valence-electron chi connectivity index (χ1n) is 3.73. The van der Waals surface area contributed by atoms with Crippen molar-refractivity contribution in [1.82, 2.24) is 0 Å².